The summed E-state index contributed by atoms with van der Waals surface area (Å²) >= 11 is 0. The van der Waals surface area contributed by atoms with Crippen molar-refractivity contribution in [3.63, 3.8) is 0 Å². The van der Waals surface area contributed by atoms with Gasteiger partial charge in [0.25, 0.3) is 0 Å². The topological polar surface area (TPSA) is 35.5 Å². The molecule has 1 atom stereocenters. The molecule has 0 bridgehead atoms. The van der Waals surface area contributed by atoms with Gasteiger partial charge in [0.1, 0.15) is 6.10 Å². The zero-order chi connectivity index (χ0) is 9.56. The largest absolute Gasteiger partial charge is 0.508 e. The third kappa shape index (κ3) is 4.99. The molecule has 71 valence electrons. The molecular formula is C9H17O3. The molecule has 0 fully saturated rings. The van der Waals surface area contributed by atoms with Crippen molar-refractivity contribution in [3.05, 3.63) is 6.42 Å². The van der Waals surface area contributed by atoms with Crippen LogP contribution in [0.25, 0.3) is 0 Å². The molecule has 0 aliphatic rings. The summed E-state index contributed by atoms with van der Waals surface area (Å²) in [6.45, 7) is 7.96. The van der Waals surface area contributed by atoms with Gasteiger partial charge in [-0.15, -0.1) is 0 Å². The zero-order valence-corrected chi connectivity index (χ0v) is 8.16. The number of carbonyl (C=O) groups is 1. The van der Waals surface area contributed by atoms with Crippen LogP contribution in [-0.2, 0) is 9.47 Å². The Labute approximate surface area is 74.0 Å². The van der Waals surface area contributed by atoms with Gasteiger partial charge in [-0.1, -0.05) is 20.8 Å². The van der Waals surface area contributed by atoms with Crippen molar-refractivity contribution < 1.29 is 14.3 Å². The first-order chi connectivity index (χ1) is 5.57. The number of rotatable bonds is 4. The lowest BCUT2D eigenvalue weighted by Gasteiger charge is -2.15. The van der Waals surface area contributed by atoms with E-state index in [2.05, 4.69) is 0 Å². The van der Waals surface area contributed by atoms with Crippen molar-refractivity contribution in [2.75, 3.05) is 6.61 Å². The molecule has 0 unspecified atom stereocenters. The summed E-state index contributed by atoms with van der Waals surface area (Å²) in [6, 6.07) is 0. The highest BCUT2D eigenvalue weighted by atomic mass is 16.7. The molecule has 0 spiro atoms. The second kappa shape index (κ2) is 5.86. The Morgan fingerprint density at radius 3 is 2.42 bits per heavy atom. The fourth-order valence-corrected chi connectivity index (χ4v) is 0.473. The molecule has 0 saturated heterocycles. The number of hydrogen-bond donors (Lipinski definition) is 0. The molecule has 0 aliphatic carbocycles. The maximum absolute atomic E-state index is 10.9. The van der Waals surface area contributed by atoms with Crippen LogP contribution in [0.5, 0.6) is 0 Å². The van der Waals surface area contributed by atoms with Gasteiger partial charge in [0, 0.05) is 0 Å². The van der Waals surface area contributed by atoms with Crippen molar-refractivity contribution in [2.45, 2.75) is 33.8 Å². The minimum absolute atomic E-state index is 0.0886. The molecule has 3 heteroatoms. The Balaban J connectivity index is 3.54. The van der Waals surface area contributed by atoms with Crippen LogP contribution < -0.4 is 0 Å². The van der Waals surface area contributed by atoms with E-state index in [1.54, 1.807) is 6.42 Å². The Morgan fingerprint density at radius 1 is 1.42 bits per heavy atom. The fraction of sp³-hybridized carbons (Fsp3) is 0.778. The molecule has 0 rings (SSSR count). The monoisotopic (exact) mass is 173 g/mol. The summed E-state index contributed by atoms with van der Waals surface area (Å²) in [5.41, 5.74) is 0. The molecule has 0 aromatic carbocycles. The van der Waals surface area contributed by atoms with E-state index in [9.17, 15) is 4.79 Å². The third-order valence-corrected chi connectivity index (χ3v) is 1.59. The average Bonchev–Trinajstić information content (AvgIpc) is 2.00. The minimum atomic E-state index is -0.589. The predicted octanol–water partition coefficient (Wildman–Crippen LogP) is 2.41. The van der Waals surface area contributed by atoms with Gasteiger partial charge in [0.15, 0.2) is 0 Å². The molecule has 0 aromatic heterocycles. The van der Waals surface area contributed by atoms with E-state index in [-0.39, 0.29) is 6.10 Å². The lowest BCUT2D eigenvalue weighted by Crippen LogP contribution is -2.21. The van der Waals surface area contributed by atoms with E-state index in [4.69, 9.17) is 9.47 Å². The highest BCUT2D eigenvalue weighted by Crippen LogP contribution is 2.06. The maximum atomic E-state index is 10.9. The first kappa shape index (κ1) is 11.3. The van der Waals surface area contributed by atoms with Gasteiger partial charge >= 0.3 is 6.16 Å². The molecule has 0 heterocycles. The van der Waals surface area contributed by atoms with Gasteiger partial charge in [0.2, 0.25) is 0 Å². The molecule has 0 N–H and O–H groups in total. The van der Waals surface area contributed by atoms with Crippen molar-refractivity contribution in [1.29, 1.82) is 0 Å². The Morgan fingerprint density at radius 2 is 2.00 bits per heavy atom. The Kier molecular flexibility index (Phi) is 5.51. The highest BCUT2D eigenvalue weighted by molar-refractivity contribution is 5.60. The predicted molar refractivity (Wildman–Crippen MR) is 46.7 cm³/mol. The molecule has 1 radical (unpaired) electrons. The summed E-state index contributed by atoms with van der Waals surface area (Å²) < 4.78 is 9.63. The quantitative estimate of drug-likeness (QED) is 0.612. The Bertz CT molecular complexity index is 132. The SMILES string of the molecule is C[CH]COC(=O)O[C@@H](C)C(C)C. The maximum Gasteiger partial charge on any atom is 0.508 e. The van der Waals surface area contributed by atoms with E-state index in [0.29, 0.717) is 12.5 Å². The van der Waals surface area contributed by atoms with E-state index < -0.39 is 6.16 Å². The summed E-state index contributed by atoms with van der Waals surface area (Å²) in [4.78, 5) is 10.9. The van der Waals surface area contributed by atoms with Crippen molar-refractivity contribution in [2.24, 2.45) is 5.92 Å². The molecular weight excluding hydrogens is 156 g/mol. The number of hydrogen-bond acceptors (Lipinski definition) is 3. The van der Waals surface area contributed by atoms with Gasteiger partial charge in [-0.05, 0) is 19.3 Å². The van der Waals surface area contributed by atoms with Crippen LogP contribution in [0.15, 0.2) is 0 Å². The van der Waals surface area contributed by atoms with Crippen molar-refractivity contribution in [3.8, 4) is 0 Å². The summed E-state index contributed by atoms with van der Waals surface area (Å²) in [5.74, 6) is 0.322. The molecule has 12 heavy (non-hydrogen) atoms. The van der Waals surface area contributed by atoms with E-state index in [1.807, 2.05) is 27.7 Å². The van der Waals surface area contributed by atoms with Crippen molar-refractivity contribution >= 4 is 6.16 Å². The van der Waals surface area contributed by atoms with E-state index >= 15 is 0 Å². The average molecular weight is 173 g/mol. The highest BCUT2D eigenvalue weighted by Gasteiger charge is 2.13. The number of carbonyl (C=O) groups excluding carboxylic acids is 1. The fourth-order valence-electron chi connectivity index (χ4n) is 0.473. The van der Waals surface area contributed by atoms with Gasteiger partial charge in [-0.3, -0.25) is 0 Å². The molecule has 0 saturated carbocycles. The number of ether oxygens (including phenoxy) is 2. The minimum Gasteiger partial charge on any atom is -0.434 e. The summed E-state index contributed by atoms with van der Waals surface area (Å²) in [5, 5.41) is 0. The molecule has 0 aromatic rings. The molecule has 3 nitrogen and oxygen atoms in total. The van der Waals surface area contributed by atoms with Crippen LogP contribution in [0.1, 0.15) is 27.7 Å². The normalized spacial score (nSPS) is 12.8. The van der Waals surface area contributed by atoms with Crippen LogP contribution in [0.3, 0.4) is 0 Å². The van der Waals surface area contributed by atoms with E-state index in [0.717, 1.165) is 0 Å². The van der Waals surface area contributed by atoms with Crippen LogP contribution in [0, 0.1) is 12.3 Å². The van der Waals surface area contributed by atoms with Crippen molar-refractivity contribution in [1.82, 2.24) is 0 Å². The first-order valence-electron chi connectivity index (χ1n) is 4.19. The second-order valence-corrected chi connectivity index (χ2v) is 3.04. The second-order valence-electron chi connectivity index (χ2n) is 3.04. The standard InChI is InChI=1S/C9H17O3/c1-5-6-11-9(10)12-8(4)7(2)3/h5,7-8H,6H2,1-4H3/t8-/m0/s1. The van der Waals surface area contributed by atoms with Gasteiger partial charge in [0.05, 0.1) is 6.61 Å². The summed E-state index contributed by atoms with van der Waals surface area (Å²) in [7, 11) is 0. The van der Waals surface area contributed by atoms with Crippen LogP contribution in [0.4, 0.5) is 4.79 Å². The summed E-state index contributed by atoms with van der Waals surface area (Å²) in [6.07, 6.45) is 1.07. The molecule has 0 amide bonds. The van der Waals surface area contributed by atoms with Crippen LogP contribution >= 0.6 is 0 Å². The van der Waals surface area contributed by atoms with Crippen LogP contribution in [0.2, 0.25) is 0 Å². The zero-order valence-electron chi connectivity index (χ0n) is 8.16. The smallest absolute Gasteiger partial charge is 0.434 e. The first-order valence-corrected chi connectivity index (χ1v) is 4.19. The van der Waals surface area contributed by atoms with Gasteiger partial charge in [-0.25, -0.2) is 4.79 Å². The lowest BCUT2D eigenvalue weighted by atomic mass is 10.1. The van der Waals surface area contributed by atoms with Crippen LogP contribution in [-0.4, -0.2) is 18.9 Å². The lowest BCUT2D eigenvalue weighted by molar-refractivity contribution is 0.0188. The Hall–Kier alpha value is -0.730. The van der Waals surface area contributed by atoms with Gasteiger partial charge in [-0.2, -0.15) is 0 Å². The van der Waals surface area contributed by atoms with E-state index in [1.165, 1.54) is 0 Å². The third-order valence-electron chi connectivity index (χ3n) is 1.59. The van der Waals surface area contributed by atoms with Gasteiger partial charge < -0.3 is 9.47 Å². The molecule has 0 aliphatic heterocycles.